The van der Waals surface area contributed by atoms with Crippen molar-refractivity contribution in [2.75, 3.05) is 31.1 Å². The van der Waals surface area contributed by atoms with Crippen LogP contribution in [0.15, 0.2) is 18.2 Å². The molecular formula is C15H25ClN2O. The third kappa shape index (κ3) is 5.39. The summed E-state index contributed by atoms with van der Waals surface area (Å²) in [5.41, 5.74) is 2.43. The number of halogens is 1. The van der Waals surface area contributed by atoms with Gasteiger partial charge in [-0.3, -0.25) is 0 Å². The number of nitrogens with zero attached hydrogens (tertiary/aromatic N) is 1. The van der Waals surface area contributed by atoms with Gasteiger partial charge in [0, 0.05) is 37.0 Å². The summed E-state index contributed by atoms with van der Waals surface area (Å²) in [7, 11) is 0. The molecular weight excluding hydrogens is 260 g/mol. The van der Waals surface area contributed by atoms with Gasteiger partial charge in [-0.1, -0.05) is 24.6 Å². The van der Waals surface area contributed by atoms with E-state index in [0.29, 0.717) is 0 Å². The molecule has 1 aromatic rings. The summed E-state index contributed by atoms with van der Waals surface area (Å²) in [6, 6.07) is 6.04. The van der Waals surface area contributed by atoms with Crippen LogP contribution in [-0.2, 0) is 6.54 Å². The summed E-state index contributed by atoms with van der Waals surface area (Å²) in [6.07, 6.45) is 1.91. The Labute approximate surface area is 121 Å². The highest BCUT2D eigenvalue weighted by molar-refractivity contribution is 6.30. The molecule has 0 unspecified atom stereocenters. The highest BCUT2D eigenvalue weighted by atomic mass is 35.5. The Hall–Kier alpha value is -0.770. The zero-order valence-electron chi connectivity index (χ0n) is 12.0. The van der Waals surface area contributed by atoms with Gasteiger partial charge in [-0.15, -0.1) is 0 Å². The number of hydrogen-bond acceptors (Lipinski definition) is 3. The zero-order chi connectivity index (χ0) is 14.1. The molecule has 3 nitrogen and oxygen atoms in total. The van der Waals surface area contributed by atoms with Crippen molar-refractivity contribution in [2.45, 2.75) is 33.2 Å². The van der Waals surface area contributed by atoms with Crippen molar-refractivity contribution in [3.05, 3.63) is 28.8 Å². The summed E-state index contributed by atoms with van der Waals surface area (Å²) in [4.78, 5) is 2.27. The van der Waals surface area contributed by atoms with Crippen LogP contribution in [0.3, 0.4) is 0 Å². The van der Waals surface area contributed by atoms with Gasteiger partial charge in [0.15, 0.2) is 0 Å². The molecule has 0 saturated heterocycles. The molecule has 1 rings (SSSR count). The number of aliphatic hydroxyl groups excluding tert-OH is 1. The second kappa shape index (κ2) is 9.18. The van der Waals surface area contributed by atoms with E-state index < -0.39 is 0 Å². The fourth-order valence-electron chi connectivity index (χ4n) is 2.09. The van der Waals surface area contributed by atoms with Crippen LogP contribution >= 0.6 is 11.6 Å². The SMILES string of the molecule is CCCNCc1ccc(Cl)cc1N(CC)CCCO. The fourth-order valence-corrected chi connectivity index (χ4v) is 2.26. The third-order valence-corrected chi connectivity index (χ3v) is 3.33. The highest BCUT2D eigenvalue weighted by Crippen LogP contribution is 2.25. The molecule has 0 bridgehead atoms. The van der Waals surface area contributed by atoms with Gasteiger partial charge >= 0.3 is 0 Å². The maximum absolute atomic E-state index is 8.99. The Balaban J connectivity index is 2.84. The van der Waals surface area contributed by atoms with Gasteiger partial charge in [-0.25, -0.2) is 0 Å². The molecule has 0 heterocycles. The third-order valence-electron chi connectivity index (χ3n) is 3.10. The van der Waals surface area contributed by atoms with Crippen LogP contribution in [0.2, 0.25) is 5.02 Å². The van der Waals surface area contributed by atoms with E-state index in [4.69, 9.17) is 16.7 Å². The van der Waals surface area contributed by atoms with E-state index in [9.17, 15) is 0 Å². The van der Waals surface area contributed by atoms with Gasteiger partial charge in [0.25, 0.3) is 0 Å². The number of anilines is 1. The van der Waals surface area contributed by atoms with E-state index in [0.717, 1.165) is 44.0 Å². The predicted octanol–water partition coefficient (Wildman–Crippen LogP) is 3.05. The smallest absolute Gasteiger partial charge is 0.0447 e. The number of aliphatic hydroxyl groups is 1. The monoisotopic (exact) mass is 284 g/mol. The fraction of sp³-hybridized carbons (Fsp3) is 0.600. The molecule has 1 aromatic carbocycles. The maximum atomic E-state index is 8.99. The average molecular weight is 285 g/mol. The van der Waals surface area contributed by atoms with Gasteiger partial charge in [0.1, 0.15) is 0 Å². The Kier molecular flexibility index (Phi) is 7.87. The lowest BCUT2D eigenvalue weighted by Crippen LogP contribution is -2.27. The van der Waals surface area contributed by atoms with E-state index >= 15 is 0 Å². The second-order valence-electron chi connectivity index (χ2n) is 4.61. The minimum Gasteiger partial charge on any atom is -0.396 e. The summed E-state index contributed by atoms with van der Waals surface area (Å²) in [5.74, 6) is 0. The van der Waals surface area contributed by atoms with E-state index in [-0.39, 0.29) is 6.61 Å². The minimum atomic E-state index is 0.223. The van der Waals surface area contributed by atoms with E-state index in [1.807, 2.05) is 12.1 Å². The normalized spacial score (nSPS) is 10.7. The first-order chi connectivity index (χ1) is 9.22. The standard InChI is InChI=1S/C15H25ClN2O/c1-3-8-17-12-13-6-7-14(16)11-15(13)18(4-2)9-5-10-19/h6-7,11,17,19H,3-5,8-10,12H2,1-2H3. The lowest BCUT2D eigenvalue weighted by Gasteiger charge is -2.26. The first-order valence-corrected chi connectivity index (χ1v) is 7.45. The van der Waals surface area contributed by atoms with Gasteiger partial charge in [0.05, 0.1) is 0 Å². The van der Waals surface area contributed by atoms with Crippen LogP contribution in [0, 0.1) is 0 Å². The van der Waals surface area contributed by atoms with Crippen molar-refractivity contribution < 1.29 is 5.11 Å². The molecule has 4 heteroatoms. The molecule has 0 aliphatic carbocycles. The summed E-state index contributed by atoms with van der Waals surface area (Å²) < 4.78 is 0. The second-order valence-corrected chi connectivity index (χ2v) is 5.04. The molecule has 108 valence electrons. The molecule has 0 saturated carbocycles. The van der Waals surface area contributed by atoms with Crippen LogP contribution in [-0.4, -0.2) is 31.3 Å². The number of nitrogens with one attached hydrogen (secondary N) is 1. The van der Waals surface area contributed by atoms with E-state index in [1.54, 1.807) is 0 Å². The molecule has 0 atom stereocenters. The topological polar surface area (TPSA) is 35.5 Å². The Morgan fingerprint density at radius 3 is 2.74 bits per heavy atom. The zero-order valence-corrected chi connectivity index (χ0v) is 12.7. The van der Waals surface area contributed by atoms with Crippen LogP contribution in [0.4, 0.5) is 5.69 Å². The number of benzene rings is 1. The van der Waals surface area contributed by atoms with Gasteiger partial charge in [-0.2, -0.15) is 0 Å². The quantitative estimate of drug-likeness (QED) is 0.684. The molecule has 0 aromatic heterocycles. The molecule has 19 heavy (non-hydrogen) atoms. The molecule has 0 fully saturated rings. The maximum Gasteiger partial charge on any atom is 0.0447 e. The first kappa shape index (κ1) is 16.3. The van der Waals surface area contributed by atoms with Crippen molar-refractivity contribution in [2.24, 2.45) is 0 Å². The van der Waals surface area contributed by atoms with E-state index in [1.165, 1.54) is 11.3 Å². The van der Waals surface area contributed by atoms with Crippen LogP contribution in [0.1, 0.15) is 32.3 Å². The largest absolute Gasteiger partial charge is 0.396 e. The molecule has 0 aliphatic heterocycles. The average Bonchev–Trinajstić information content (AvgIpc) is 2.42. The Morgan fingerprint density at radius 2 is 2.11 bits per heavy atom. The number of rotatable bonds is 9. The van der Waals surface area contributed by atoms with Crippen LogP contribution in [0.5, 0.6) is 0 Å². The van der Waals surface area contributed by atoms with Gasteiger partial charge < -0.3 is 15.3 Å². The van der Waals surface area contributed by atoms with Crippen molar-refractivity contribution in [3.8, 4) is 0 Å². The van der Waals surface area contributed by atoms with Crippen LogP contribution < -0.4 is 10.2 Å². The van der Waals surface area contributed by atoms with Gasteiger partial charge in [-0.05, 0) is 44.0 Å². The predicted molar refractivity (Wildman–Crippen MR) is 83.0 cm³/mol. The van der Waals surface area contributed by atoms with Gasteiger partial charge in [0.2, 0.25) is 0 Å². The summed E-state index contributed by atoms with van der Waals surface area (Å²) >= 11 is 6.12. The summed E-state index contributed by atoms with van der Waals surface area (Å²) in [6.45, 7) is 8.16. The lowest BCUT2D eigenvalue weighted by atomic mass is 10.1. The van der Waals surface area contributed by atoms with Crippen molar-refractivity contribution in [1.82, 2.24) is 5.32 Å². The van der Waals surface area contributed by atoms with Crippen molar-refractivity contribution in [3.63, 3.8) is 0 Å². The first-order valence-electron chi connectivity index (χ1n) is 7.07. The Bertz CT molecular complexity index is 371. The molecule has 0 amide bonds. The molecule has 0 spiro atoms. The molecule has 2 N–H and O–H groups in total. The van der Waals surface area contributed by atoms with E-state index in [2.05, 4.69) is 30.1 Å². The minimum absolute atomic E-state index is 0.223. The van der Waals surface area contributed by atoms with Crippen LogP contribution in [0.25, 0.3) is 0 Å². The Morgan fingerprint density at radius 1 is 1.32 bits per heavy atom. The number of hydrogen-bond donors (Lipinski definition) is 2. The highest BCUT2D eigenvalue weighted by Gasteiger charge is 2.10. The van der Waals surface area contributed by atoms with Crippen molar-refractivity contribution >= 4 is 17.3 Å². The lowest BCUT2D eigenvalue weighted by molar-refractivity contribution is 0.289. The molecule has 0 radical (unpaired) electrons. The molecule has 0 aliphatic rings. The van der Waals surface area contributed by atoms with Crippen molar-refractivity contribution in [1.29, 1.82) is 0 Å². The summed E-state index contributed by atoms with van der Waals surface area (Å²) in [5, 5.41) is 13.2.